The van der Waals surface area contributed by atoms with E-state index in [9.17, 15) is 8.42 Å². The Kier molecular flexibility index (Phi) is 2.99. The van der Waals surface area contributed by atoms with Crippen LogP contribution in [-0.2, 0) is 10.0 Å². The van der Waals surface area contributed by atoms with Gasteiger partial charge in [0.05, 0.1) is 5.75 Å². The number of rotatable bonds is 1. The lowest BCUT2D eigenvalue weighted by atomic mass is 10.1. The minimum Gasteiger partial charge on any atom is -0.314 e. The highest BCUT2D eigenvalue weighted by atomic mass is 32.2. The summed E-state index contributed by atoms with van der Waals surface area (Å²) in [5.74, 6) is 0.213. The molecular formula is C8H18N2O2S. The molecule has 1 aliphatic heterocycles. The van der Waals surface area contributed by atoms with Crippen LogP contribution in [0, 0.1) is 0 Å². The predicted molar refractivity (Wildman–Crippen MR) is 53.1 cm³/mol. The molecule has 0 aromatic rings. The lowest BCUT2D eigenvalue weighted by Gasteiger charge is -2.34. The molecule has 13 heavy (non-hydrogen) atoms. The zero-order valence-electron chi connectivity index (χ0n) is 8.50. The average molecular weight is 206 g/mol. The molecule has 1 fully saturated rings. The van der Waals surface area contributed by atoms with Gasteiger partial charge in [0.25, 0.3) is 0 Å². The van der Waals surface area contributed by atoms with Crippen molar-refractivity contribution in [2.75, 3.05) is 25.4 Å². The lowest BCUT2D eigenvalue weighted by Crippen LogP contribution is -2.50. The Hall–Kier alpha value is -0.130. The Balaban J connectivity index is 3.01. The number of hydrogen-bond donors (Lipinski definition) is 1. The average Bonchev–Trinajstić information content (AvgIpc) is 2.06. The molecule has 0 saturated carbocycles. The van der Waals surface area contributed by atoms with Crippen LogP contribution in [0.2, 0.25) is 0 Å². The molecule has 0 aliphatic carbocycles. The molecule has 0 atom stereocenters. The van der Waals surface area contributed by atoms with E-state index in [4.69, 9.17) is 0 Å². The summed E-state index contributed by atoms with van der Waals surface area (Å²) in [5, 5.41) is 3.14. The Morgan fingerprint density at radius 1 is 1.46 bits per heavy atom. The molecule has 0 spiro atoms. The summed E-state index contributed by atoms with van der Waals surface area (Å²) in [6.07, 6.45) is 0. The van der Waals surface area contributed by atoms with E-state index in [1.807, 2.05) is 20.8 Å². The van der Waals surface area contributed by atoms with Crippen LogP contribution in [0.5, 0.6) is 0 Å². The highest BCUT2D eigenvalue weighted by Gasteiger charge is 2.36. The van der Waals surface area contributed by atoms with Crippen LogP contribution in [0.15, 0.2) is 0 Å². The third kappa shape index (κ3) is 2.21. The third-order valence-electron chi connectivity index (χ3n) is 2.39. The van der Waals surface area contributed by atoms with Gasteiger partial charge in [-0.1, -0.05) is 6.92 Å². The quantitative estimate of drug-likeness (QED) is 0.658. The van der Waals surface area contributed by atoms with Crippen LogP contribution in [0.1, 0.15) is 20.8 Å². The zero-order valence-corrected chi connectivity index (χ0v) is 9.32. The van der Waals surface area contributed by atoms with Crippen LogP contribution < -0.4 is 5.32 Å². The van der Waals surface area contributed by atoms with Gasteiger partial charge in [-0.3, -0.25) is 0 Å². The van der Waals surface area contributed by atoms with E-state index in [2.05, 4.69) is 5.32 Å². The van der Waals surface area contributed by atoms with Gasteiger partial charge in [-0.15, -0.1) is 0 Å². The van der Waals surface area contributed by atoms with Crippen LogP contribution >= 0.6 is 0 Å². The molecule has 5 heteroatoms. The Labute approximate surface area is 80.4 Å². The predicted octanol–water partition coefficient (Wildman–Crippen LogP) is 0.0199. The number of sulfonamides is 1. The van der Waals surface area contributed by atoms with Gasteiger partial charge < -0.3 is 5.32 Å². The first-order valence-corrected chi connectivity index (χ1v) is 6.22. The fourth-order valence-corrected chi connectivity index (χ4v) is 3.63. The maximum absolute atomic E-state index is 11.7. The second-order valence-corrected chi connectivity index (χ2v) is 5.98. The number of hydrogen-bond acceptors (Lipinski definition) is 3. The SMILES string of the molecule is CCN1C(C)(C)CNCCS1(=O)=O. The van der Waals surface area contributed by atoms with Gasteiger partial charge in [0.1, 0.15) is 0 Å². The number of likely N-dealkylation sites (N-methyl/N-ethyl adjacent to an activating group) is 1. The van der Waals surface area contributed by atoms with Crippen molar-refractivity contribution in [1.29, 1.82) is 0 Å². The van der Waals surface area contributed by atoms with E-state index in [0.717, 1.165) is 6.54 Å². The van der Waals surface area contributed by atoms with Gasteiger partial charge in [-0.05, 0) is 13.8 Å². The van der Waals surface area contributed by atoms with Gasteiger partial charge in [0.2, 0.25) is 10.0 Å². The molecule has 0 aromatic carbocycles. The first-order valence-electron chi connectivity index (χ1n) is 4.61. The molecule has 1 rings (SSSR count). The molecule has 78 valence electrons. The van der Waals surface area contributed by atoms with Crippen molar-refractivity contribution in [3.63, 3.8) is 0 Å². The number of nitrogens with zero attached hydrogens (tertiary/aromatic N) is 1. The molecule has 0 bridgehead atoms. The van der Waals surface area contributed by atoms with E-state index < -0.39 is 10.0 Å². The van der Waals surface area contributed by atoms with Crippen LogP contribution in [0.4, 0.5) is 0 Å². The van der Waals surface area contributed by atoms with Crippen molar-refractivity contribution in [1.82, 2.24) is 9.62 Å². The van der Waals surface area contributed by atoms with Crippen molar-refractivity contribution >= 4 is 10.0 Å². The van der Waals surface area contributed by atoms with E-state index in [-0.39, 0.29) is 11.3 Å². The molecule has 0 aromatic heterocycles. The molecular weight excluding hydrogens is 188 g/mol. The fraction of sp³-hybridized carbons (Fsp3) is 1.00. The minimum atomic E-state index is -3.05. The van der Waals surface area contributed by atoms with E-state index in [1.54, 1.807) is 4.31 Å². The Morgan fingerprint density at radius 3 is 2.62 bits per heavy atom. The smallest absolute Gasteiger partial charge is 0.215 e. The molecule has 1 N–H and O–H groups in total. The summed E-state index contributed by atoms with van der Waals surface area (Å²) in [5.41, 5.74) is -0.302. The normalized spacial score (nSPS) is 28.2. The standard InChI is InChI=1S/C8H18N2O2S/c1-4-10-8(2,3)7-9-5-6-13(10,11)12/h9H,4-7H2,1-3H3. The largest absolute Gasteiger partial charge is 0.314 e. The third-order valence-corrected chi connectivity index (χ3v) is 4.54. The molecule has 0 unspecified atom stereocenters. The minimum absolute atomic E-state index is 0.213. The molecule has 0 radical (unpaired) electrons. The highest BCUT2D eigenvalue weighted by molar-refractivity contribution is 7.89. The topological polar surface area (TPSA) is 49.4 Å². The van der Waals surface area contributed by atoms with Crippen molar-refractivity contribution < 1.29 is 8.42 Å². The first-order chi connectivity index (χ1) is 5.90. The summed E-state index contributed by atoms with van der Waals surface area (Å²) in [4.78, 5) is 0. The summed E-state index contributed by atoms with van der Waals surface area (Å²) in [6.45, 7) is 7.61. The van der Waals surface area contributed by atoms with Crippen molar-refractivity contribution in [2.24, 2.45) is 0 Å². The number of nitrogens with one attached hydrogen (secondary N) is 1. The fourth-order valence-electron chi connectivity index (χ4n) is 1.80. The molecule has 1 aliphatic rings. The van der Waals surface area contributed by atoms with E-state index in [1.165, 1.54) is 0 Å². The van der Waals surface area contributed by atoms with Crippen LogP contribution in [0.25, 0.3) is 0 Å². The summed E-state index contributed by atoms with van der Waals surface area (Å²) in [6, 6.07) is 0. The first kappa shape index (κ1) is 10.9. The van der Waals surface area contributed by atoms with Crippen molar-refractivity contribution in [2.45, 2.75) is 26.3 Å². The Bertz CT molecular complexity index is 272. The molecule has 0 amide bonds. The highest BCUT2D eigenvalue weighted by Crippen LogP contribution is 2.19. The van der Waals surface area contributed by atoms with Gasteiger partial charge in [0, 0.05) is 25.2 Å². The van der Waals surface area contributed by atoms with Crippen molar-refractivity contribution in [3.8, 4) is 0 Å². The maximum atomic E-state index is 11.7. The van der Waals surface area contributed by atoms with E-state index in [0.29, 0.717) is 13.1 Å². The van der Waals surface area contributed by atoms with Gasteiger partial charge in [-0.2, -0.15) is 4.31 Å². The molecule has 1 heterocycles. The van der Waals surface area contributed by atoms with E-state index >= 15 is 0 Å². The maximum Gasteiger partial charge on any atom is 0.215 e. The second-order valence-electron chi connectivity index (χ2n) is 3.97. The lowest BCUT2D eigenvalue weighted by molar-refractivity contribution is 0.238. The van der Waals surface area contributed by atoms with Gasteiger partial charge in [0.15, 0.2) is 0 Å². The Morgan fingerprint density at radius 2 is 2.08 bits per heavy atom. The zero-order chi connectivity index (χ0) is 10.1. The monoisotopic (exact) mass is 206 g/mol. The second kappa shape index (κ2) is 3.55. The van der Waals surface area contributed by atoms with Gasteiger partial charge >= 0.3 is 0 Å². The molecule has 1 saturated heterocycles. The summed E-state index contributed by atoms with van der Waals surface area (Å²) in [7, 11) is -3.05. The van der Waals surface area contributed by atoms with Gasteiger partial charge in [-0.25, -0.2) is 8.42 Å². The summed E-state index contributed by atoms with van der Waals surface area (Å²) >= 11 is 0. The molecule has 4 nitrogen and oxygen atoms in total. The van der Waals surface area contributed by atoms with Crippen LogP contribution in [-0.4, -0.2) is 43.6 Å². The van der Waals surface area contributed by atoms with Crippen LogP contribution in [0.3, 0.4) is 0 Å². The van der Waals surface area contributed by atoms with Crippen molar-refractivity contribution in [3.05, 3.63) is 0 Å². The summed E-state index contributed by atoms with van der Waals surface area (Å²) < 4.78 is 25.1.